The van der Waals surface area contributed by atoms with Gasteiger partial charge in [-0.15, -0.1) is 0 Å². The summed E-state index contributed by atoms with van der Waals surface area (Å²) in [6.07, 6.45) is -1.70. The van der Waals surface area contributed by atoms with E-state index in [0.717, 1.165) is 10.8 Å². The zero-order chi connectivity index (χ0) is 20.0. The Kier molecular flexibility index (Phi) is 4.26. The summed E-state index contributed by atoms with van der Waals surface area (Å²) in [7, 11) is 0. The van der Waals surface area contributed by atoms with Gasteiger partial charge in [0.25, 0.3) is 11.1 Å². The number of hydrogen-bond acceptors (Lipinski definition) is 6. The molecule has 0 aliphatic carbocycles. The number of rotatable bonds is 2. The van der Waals surface area contributed by atoms with Crippen LogP contribution in [0.25, 0.3) is 21.5 Å². The minimum Gasteiger partial charge on any atom is -0.457 e. The number of nitrogens with zero attached hydrogens (tertiary/aromatic N) is 2. The van der Waals surface area contributed by atoms with Crippen LogP contribution in [-0.2, 0) is 32.2 Å². The molecule has 4 rings (SSSR count). The summed E-state index contributed by atoms with van der Waals surface area (Å²) < 4.78 is 13.0. The maximum absolute atomic E-state index is 13.1. The third-order valence-electron chi connectivity index (χ3n) is 4.86. The van der Waals surface area contributed by atoms with Crippen LogP contribution in [0.1, 0.15) is 13.8 Å². The average molecular weight is 382 g/mol. The van der Waals surface area contributed by atoms with E-state index in [1.807, 2.05) is 24.3 Å². The maximum Gasteiger partial charge on any atom is 0.303 e. The van der Waals surface area contributed by atoms with Crippen molar-refractivity contribution in [1.82, 2.24) is 9.36 Å². The topological polar surface area (TPSA) is 96.6 Å². The number of benzene rings is 2. The zero-order valence-corrected chi connectivity index (χ0v) is 15.4. The van der Waals surface area contributed by atoms with Crippen molar-refractivity contribution in [2.75, 3.05) is 0 Å². The summed E-state index contributed by atoms with van der Waals surface area (Å²) in [5.74, 6) is -1.12. The van der Waals surface area contributed by atoms with Crippen molar-refractivity contribution in [2.45, 2.75) is 39.1 Å². The highest BCUT2D eigenvalue weighted by Gasteiger charge is 2.35. The number of fused-ring (bicyclic) bond motifs is 3. The molecule has 1 aliphatic heterocycles. The lowest BCUT2D eigenvalue weighted by Gasteiger charge is -2.33. The van der Waals surface area contributed by atoms with Crippen molar-refractivity contribution < 1.29 is 19.1 Å². The predicted molar refractivity (Wildman–Crippen MR) is 101 cm³/mol. The first kappa shape index (κ1) is 18.0. The normalized spacial score (nSPS) is 18.6. The lowest BCUT2D eigenvalue weighted by Crippen LogP contribution is -2.53. The number of carbonyl (C=O) groups is 2. The Bertz CT molecular complexity index is 1140. The Morgan fingerprint density at radius 1 is 0.821 bits per heavy atom. The van der Waals surface area contributed by atoms with Crippen molar-refractivity contribution >= 4 is 33.5 Å². The van der Waals surface area contributed by atoms with Crippen molar-refractivity contribution in [1.29, 1.82) is 0 Å². The van der Waals surface area contributed by atoms with E-state index in [-0.39, 0.29) is 24.2 Å². The summed E-state index contributed by atoms with van der Waals surface area (Å²) in [6.45, 7) is 2.33. The molecule has 0 fully saturated rings. The maximum atomic E-state index is 13.1. The van der Waals surface area contributed by atoms with Crippen LogP contribution in [0.5, 0.6) is 0 Å². The highest BCUT2D eigenvalue weighted by molar-refractivity contribution is 5.97. The van der Waals surface area contributed by atoms with Crippen molar-refractivity contribution in [3.05, 3.63) is 57.1 Å². The predicted octanol–water partition coefficient (Wildman–Crippen LogP) is 1.19. The van der Waals surface area contributed by atoms with Gasteiger partial charge in [0.15, 0.2) is 12.2 Å². The van der Waals surface area contributed by atoms with E-state index in [0.29, 0.717) is 10.8 Å². The van der Waals surface area contributed by atoms with E-state index in [2.05, 4.69) is 0 Å². The minimum atomic E-state index is -0.851. The molecule has 0 saturated carbocycles. The van der Waals surface area contributed by atoms with Gasteiger partial charge in [0.1, 0.15) is 0 Å². The summed E-state index contributed by atoms with van der Waals surface area (Å²) >= 11 is 0. The fraction of sp³-hybridized carbons (Fsp3) is 0.300. The molecule has 1 aromatic heterocycles. The van der Waals surface area contributed by atoms with Crippen molar-refractivity contribution in [2.24, 2.45) is 0 Å². The molecular weight excluding hydrogens is 364 g/mol. The van der Waals surface area contributed by atoms with Gasteiger partial charge in [0.2, 0.25) is 0 Å². The van der Waals surface area contributed by atoms with E-state index < -0.39 is 24.1 Å². The Hall–Kier alpha value is -3.42. The molecule has 0 N–H and O–H groups in total. The second kappa shape index (κ2) is 6.63. The van der Waals surface area contributed by atoms with Gasteiger partial charge in [-0.05, 0) is 22.9 Å². The molecule has 2 heterocycles. The molecule has 1 aliphatic rings. The van der Waals surface area contributed by atoms with Gasteiger partial charge in [-0.2, -0.15) is 0 Å². The van der Waals surface area contributed by atoms with Gasteiger partial charge >= 0.3 is 11.9 Å². The molecule has 2 aromatic carbocycles. The zero-order valence-electron chi connectivity index (χ0n) is 15.4. The molecule has 2 atom stereocenters. The number of carbonyl (C=O) groups excluding carboxylic acids is 2. The standard InChI is InChI=1S/C20H18N2O6/c1-11(23)27-17-9-21-19(25)15-7-13-5-3-4-6-14(13)8-16(15)20(26)22(21)10-18(17)28-12(2)24/h3-8,17-18H,9-10H2,1-2H3. The van der Waals surface area contributed by atoms with Crippen LogP contribution in [0.3, 0.4) is 0 Å². The monoisotopic (exact) mass is 382 g/mol. The van der Waals surface area contributed by atoms with Gasteiger partial charge in [0.05, 0.1) is 23.9 Å². The fourth-order valence-corrected chi connectivity index (χ4v) is 3.68. The lowest BCUT2D eigenvalue weighted by atomic mass is 10.0. The molecule has 8 heteroatoms. The smallest absolute Gasteiger partial charge is 0.303 e. The highest BCUT2D eigenvalue weighted by Crippen LogP contribution is 2.20. The van der Waals surface area contributed by atoms with Gasteiger partial charge < -0.3 is 9.47 Å². The third kappa shape index (κ3) is 2.96. The number of hydrogen-bond donors (Lipinski definition) is 0. The second-order valence-electron chi connectivity index (χ2n) is 6.82. The molecule has 0 radical (unpaired) electrons. The van der Waals surface area contributed by atoms with Gasteiger partial charge in [-0.1, -0.05) is 24.3 Å². The van der Waals surface area contributed by atoms with Crippen LogP contribution in [0.4, 0.5) is 0 Å². The number of esters is 2. The molecular formula is C20H18N2O6. The Balaban J connectivity index is 1.94. The summed E-state index contributed by atoms with van der Waals surface area (Å²) in [4.78, 5) is 49.1. The van der Waals surface area contributed by atoms with E-state index in [1.54, 1.807) is 12.1 Å². The van der Waals surface area contributed by atoms with Crippen LogP contribution in [0.2, 0.25) is 0 Å². The average Bonchev–Trinajstić information content (AvgIpc) is 2.65. The van der Waals surface area contributed by atoms with Crippen molar-refractivity contribution in [3.63, 3.8) is 0 Å². The molecule has 28 heavy (non-hydrogen) atoms. The Morgan fingerprint density at radius 3 is 1.57 bits per heavy atom. The first-order valence-corrected chi connectivity index (χ1v) is 8.86. The van der Waals surface area contributed by atoms with Gasteiger partial charge in [-0.25, -0.2) is 9.36 Å². The summed E-state index contributed by atoms with van der Waals surface area (Å²) in [5.41, 5.74) is -0.724. The largest absolute Gasteiger partial charge is 0.457 e. The molecule has 0 amide bonds. The van der Waals surface area contributed by atoms with Gasteiger partial charge in [0, 0.05) is 13.8 Å². The SMILES string of the molecule is CC(=O)OC1Cn2c(=O)c3cc4ccccc4cc3c(=O)n2CC1OC(C)=O. The molecule has 0 bridgehead atoms. The molecule has 2 unspecified atom stereocenters. The van der Waals surface area contributed by atoms with E-state index >= 15 is 0 Å². The molecule has 0 spiro atoms. The van der Waals surface area contributed by atoms with E-state index in [1.165, 1.54) is 23.2 Å². The fourth-order valence-electron chi connectivity index (χ4n) is 3.68. The highest BCUT2D eigenvalue weighted by atomic mass is 16.6. The quantitative estimate of drug-likeness (QED) is 0.488. The Morgan fingerprint density at radius 2 is 1.21 bits per heavy atom. The third-order valence-corrected chi connectivity index (χ3v) is 4.86. The Labute approximate surface area is 158 Å². The van der Waals surface area contributed by atoms with Crippen molar-refractivity contribution in [3.8, 4) is 0 Å². The van der Waals surface area contributed by atoms with Gasteiger partial charge in [-0.3, -0.25) is 19.2 Å². The number of ether oxygens (including phenoxy) is 2. The molecule has 3 aromatic rings. The molecule has 8 nitrogen and oxygen atoms in total. The summed E-state index contributed by atoms with van der Waals surface area (Å²) in [6, 6.07) is 10.8. The summed E-state index contributed by atoms with van der Waals surface area (Å²) in [5, 5.41) is 2.30. The second-order valence-corrected chi connectivity index (χ2v) is 6.82. The first-order valence-electron chi connectivity index (χ1n) is 8.86. The molecule has 0 saturated heterocycles. The number of aromatic nitrogens is 2. The first-order chi connectivity index (χ1) is 13.3. The van der Waals surface area contributed by atoms with Crippen LogP contribution < -0.4 is 11.1 Å². The van der Waals surface area contributed by atoms with E-state index in [9.17, 15) is 19.2 Å². The van der Waals surface area contributed by atoms with Crippen LogP contribution in [-0.4, -0.2) is 33.5 Å². The van der Waals surface area contributed by atoms with E-state index in [4.69, 9.17) is 9.47 Å². The van der Waals surface area contributed by atoms with Crippen LogP contribution in [0, 0.1) is 0 Å². The molecule has 144 valence electrons. The van der Waals surface area contributed by atoms with Crippen LogP contribution in [0.15, 0.2) is 46.0 Å². The minimum absolute atomic E-state index is 0.0750. The van der Waals surface area contributed by atoms with Crippen LogP contribution >= 0.6 is 0 Å². The lowest BCUT2D eigenvalue weighted by molar-refractivity contribution is -0.171.